The molecular weight excluding hydrogens is 145 g/mol. The van der Waals surface area contributed by atoms with Crippen molar-refractivity contribution in [3.63, 3.8) is 0 Å². The van der Waals surface area contributed by atoms with Crippen molar-refractivity contribution >= 4 is 5.69 Å². The number of aromatic hydroxyl groups is 1. The quantitative estimate of drug-likeness (QED) is 0.665. The Kier molecular flexibility index (Phi) is 1.98. The summed E-state index contributed by atoms with van der Waals surface area (Å²) < 4.78 is 12.9. The highest BCUT2D eigenvalue weighted by Gasteiger charge is 2.03. The van der Waals surface area contributed by atoms with Crippen LogP contribution in [-0.2, 0) is 0 Å². The third-order valence-electron chi connectivity index (χ3n) is 1.41. The molecule has 1 rings (SSSR count). The SMILES string of the molecule is CN(C)c1cc(O)ccc1F. The van der Waals surface area contributed by atoms with Crippen LogP contribution >= 0.6 is 0 Å². The Balaban J connectivity index is 3.13. The molecule has 0 aromatic heterocycles. The molecule has 2 nitrogen and oxygen atoms in total. The van der Waals surface area contributed by atoms with Gasteiger partial charge in [0.05, 0.1) is 5.69 Å². The second kappa shape index (κ2) is 2.78. The minimum atomic E-state index is -0.326. The van der Waals surface area contributed by atoms with E-state index in [0.717, 1.165) is 0 Å². The van der Waals surface area contributed by atoms with Crippen molar-refractivity contribution in [2.75, 3.05) is 19.0 Å². The standard InChI is InChI=1S/C8H10FNO/c1-10(2)8-5-6(11)3-4-7(8)9/h3-5,11H,1-2H3. The summed E-state index contributed by atoms with van der Waals surface area (Å²) in [4.78, 5) is 1.61. The zero-order valence-corrected chi connectivity index (χ0v) is 6.50. The van der Waals surface area contributed by atoms with Crippen molar-refractivity contribution < 1.29 is 9.50 Å². The van der Waals surface area contributed by atoms with Gasteiger partial charge in [-0.1, -0.05) is 0 Å². The first-order valence-electron chi connectivity index (χ1n) is 3.27. The van der Waals surface area contributed by atoms with E-state index in [9.17, 15) is 4.39 Å². The van der Waals surface area contributed by atoms with Gasteiger partial charge in [0.2, 0.25) is 0 Å². The normalized spacial score (nSPS) is 9.73. The van der Waals surface area contributed by atoms with Gasteiger partial charge in [-0.2, -0.15) is 0 Å². The van der Waals surface area contributed by atoms with E-state index in [0.29, 0.717) is 5.69 Å². The average Bonchev–Trinajstić information content (AvgIpc) is 1.94. The number of halogens is 1. The molecule has 0 bridgehead atoms. The lowest BCUT2D eigenvalue weighted by Gasteiger charge is -2.12. The third-order valence-corrected chi connectivity index (χ3v) is 1.41. The second-order valence-electron chi connectivity index (χ2n) is 2.53. The fourth-order valence-electron chi connectivity index (χ4n) is 0.844. The first-order chi connectivity index (χ1) is 5.11. The van der Waals surface area contributed by atoms with Crippen molar-refractivity contribution in [1.82, 2.24) is 0 Å². The van der Waals surface area contributed by atoms with E-state index in [1.54, 1.807) is 19.0 Å². The van der Waals surface area contributed by atoms with Crippen LogP contribution in [0.5, 0.6) is 5.75 Å². The van der Waals surface area contributed by atoms with Crippen molar-refractivity contribution in [1.29, 1.82) is 0 Å². The van der Waals surface area contributed by atoms with Gasteiger partial charge in [-0.15, -0.1) is 0 Å². The van der Waals surface area contributed by atoms with Gasteiger partial charge in [-0.3, -0.25) is 0 Å². The predicted octanol–water partition coefficient (Wildman–Crippen LogP) is 1.60. The summed E-state index contributed by atoms with van der Waals surface area (Å²) in [5, 5.41) is 8.99. The number of rotatable bonds is 1. The molecule has 0 radical (unpaired) electrons. The Bertz CT molecular complexity index is 260. The van der Waals surface area contributed by atoms with E-state index in [1.165, 1.54) is 18.2 Å². The molecule has 0 aliphatic carbocycles. The molecule has 0 fully saturated rings. The molecule has 1 N–H and O–H groups in total. The van der Waals surface area contributed by atoms with Gasteiger partial charge in [0.25, 0.3) is 0 Å². The van der Waals surface area contributed by atoms with Crippen molar-refractivity contribution in [3.05, 3.63) is 24.0 Å². The monoisotopic (exact) mass is 155 g/mol. The van der Waals surface area contributed by atoms with E-state index in [4.69, 9.17) is 5.11 Å². The number of phenols is 1. The maximum Gasteiger partial charge on any atom is 0.146 e. The van der Waals surface area contributed by atoms with Gasteiger partial charge in [-0.25, -0.2) is 4.39 Å². The fourth-order valence-corrected chi connectivity index (χ4v) is 0.844. The van der Waals surface area contributed by atoms with Crippen molar-refractivity contribution in [2.45, 2.75) is 0 Å². The maximum atomic E-state index is 12.9. The summed E-state index contributed by atoms with van der Waals surface area (Å²) in [5.74, 6) is -0.247. The van der Waals surface area contributed by atoms with Crippen LogP contribution in [0.25, 0.3) is 0 Å². The Labute approximate surface area is 64.9 Å². The van der Waals surface area contributed by atoms with Gasteiger partial charge in [0.1, 0.15) is 11.6 Å². The molecule has 0 unspecified atom stereocenters. The molecule has 0 saturated carbocycles. The molecule has 0 saturated heterocycles. The molecular formula is C8H10FNO. The minimum Gasteiger partial charge on any atom is -0.508 e. The summed E-state index contributed by atoms with van der Waals surface area (Å²) in [7, 11) is 3.44. The van der Waals surface area contributed by atoms with E-state index in [1.807, 2.05) is 0 Å². The summed E-state index contributed by atoms with van der Waals surface area (Å²) in [6.07, 6.45) is 0. The number of nitrogens with zero attached hydrogens (tertiary/aromatic N) is 1. The average molecular weight is 155 g/mol. The zero-order valence-electron chi connectivity index (χ0n) is 6.50. The van der Waals surface area contributed by atoms with Gasteiger partial charge < -0.3 is 10.0 Å². The molecule has 0 atom stereocenters. The van der Waals surface area contributed by atoms with Crippen LogP contribution in [0.1, 0.15) is 0 Å². The van der Waals surface area contributed by atoms with Crippen LogP contribution in [0.2, 0.25) is 0 Å². The van der Waals surface area contributed by atoms with Crippen LogP contribution in [0.15, 0.2) is 18.2 Å². The lowest BCUT2D eigenvalue weighted by molar-refractivity contribution is 0.473. The highest BCUT2D eigenvalue weighted by Crippen LogP contribution is 2.21. The van der Waals surface area contributed by atoms with Gasteiger partial charge in [0.15, 0.2) is 0 Å². The lowest BCUT2D eigenvalue weighted by Crippen LogP contribution is -2.10. The van der Waals surface area contributed by atoms with Gasteiger partial charge >= 0.3 is 0 Å². The molecule has 0 amide bonds. The number of phenolic OH excluding ortho intramolecular Hbond substituents is 1. The highest BCUT2D eigenvalue weighted by atomic mass is 19.1. The molecule has 1 aromatic rings. The molecule has 0 spiro atoms. The Hall–Kier alpha value is -1.25. The smallest absolute Gasteiger partial charge is 0.146 e. The summed E-state index contributed by atoms with van der Waals surface area (Å²) in [6.45, 7) is 0. The predicted molar refractivity (Wildman–Crippen MR) is 42.4 cm³/mol. The number of benzene rings is 1. The van der Waals surface area contributed by atoms with Crippen LogP contribution in [0, 0.1) is 5.82 Å². The van der Waals surface area contributed by atoms with Crippen LogP contribution in [0.3, 0.4) is 0 Å². The van der Waals surface area contributed by atoms with E-state index < -0.39 is 0 Å². The summed E-state index contributed by atoms with van der Waals surface area (Å²) in [5.41, 5.74) is 0.394. The van der Waals surface area contributed by atoms with Crippen molar-refractivity contribution in [2.24, 2.45) is 0 Å². The molecule has 0 aliphatic rings. The largest absolute Gasteiger partial charge is 0.508 e. The number of hydrogen-bond acceptors (Lipinski definition) is 2. The first-order valence-corrected chi connectivity index (χ1v) is 3.27. The van der Waals surface area contributed by atoms with E-state index in [2.05, 4.69) is 0 Å². The Morgan fingerprint density at radius 3 is 2.45 bits per heavy atom. The Morgan fingerprint density at radius 1 is 1.36 bits per heavy atom. The van der Waals surface area contributed by atoms with Crippen molar-refractivity contribution in [3.8, 4) is 5.75 Å². The van der Waals surface area contributed by atoms with Crippen LogP contribution in [0.4, 0.5) is 10.1 Å². The molecule has 11 heavy (non-hydrogen) atoms. The van der Waals surface area contributed by atoms with Gasteiger partial charge in [-0.05, 0) is 12.1 Å². The molecule has 0 heterocycles. The fraction of sp³-hybridized carbons (Fsp3) is 0.250. The Morgan fingerprint density at radius 2 is 2.00 bits per heavy atom. The summed E-state index contributed by atoms with van der Waals surface area (Å²) in [6, 6.07) is 3.95. The number of anilines is 1. The lowest BCUT2D eigenvalue weighted by atomic mass is 10.3. The highest BCUT2D eigenvalue weighted by molar-refractivity contribution is 5.50. The minimum absolute atomic E-state index is 0.0788. The van der Waals surface area contributed by atoms with E-state index >= 15 is 0 Å². The van der Waals surface area contributed by atoms with Gasteiger partial charge in [0, 0.05) is 20.2 Å². The maximum absolute atomic E-state index is 12.9. The topological polar surface area (TPSA) is 23.5 Å². The van der Waals surface area contributed by atoms with Crippen LogP contribution in [-0.4, -0.2) is 19.2 Å². The molecule has 1 aromatic carbocycles. The van der Waals surface area contributed by atoms with E-state index in [-0.39, 0.29) is 11.6 Å². The second-order valence-corrected chi connectivity index (χ2v) is 2.53. The third kappa shape index (κ3) is 1.61. The molecule has 0 aliphatic heterocycles. The summed E-state index contributed by atoms with van der Waals surface area (Å²) >= 11 is 0. The van der Waals surface area contributed by atoms with Crippen LogP contribution < -0.4 is 4.90 Å². The number of hydrogen-bond donors (Lipinski definition) is 1. The molecule has 3 heteroatoms. The first kappa shape index (κ1) is 7.85. The zero-order chi connectivity index (χ0) is 8.43. The molecule has 60 valence electrons.